The molecule has 1 aliphatic heterocycles. The van der Waals surface area contributed by atoms with E-state index < -0.39 is 28.8 Å². The van der Waals surface area contributed by atoms with E-state index in [1.165, 1.54) is 5.57 Å². The predicted octanol–water partition coefficient (Wildman–Crippen LogP) is 7.95. The molecule has 286 valence electrons. The first-order chi connectivity index (χ1) is 23.7. The molecule has 9 heteroatoms. The third kappa shape index (κ3) is 5.51. The lowest BCUT2D eigenvalue weighted by molar-refractivity contribution is -0.251. The largest absolute Gasteiger partial charge is 0.481 e. The summed E-state index contributed by atoms with van der Waals surface area (Å²) < 4.78 is 21.3. The van der Waals surface area contributed by atoms with Gasteiger partial charge in [0.05, 0.1) is 44.5 Å². The van der Waals surface area contributed by atoms with Crippen LogP contribution in [0.4, 0.5) is 0 Å². The normalized spacial score (nSPS) is 42.2. The number of nitrogens with two attached hydrogens (primary N) is 1. The summed E-state index contributed by atoms with van der Waals surface area (Å²) in [7, 11) is 0. The standard InChI is InChI=1S/C42H67N3O6/c1-12-50-36(48)34-44-19-20-45(34)30-21-42-24-49-22-38(8,33(30)51-23-41(11,43)26(4)5)31(42)14-13-28-29(42)15-16-40(10)32(35(46)47)37(7,27(6)25(2)3)17-18-39(28,40)9/h15,19-20,25-28,30-33H,12-14,16-18,21-24,43H2,1-11H3,(H,46,47)/t27-,28+,30-,31+,32-,33+,37-,38-,39-,40+,41+,42+/m1/s1. The molecule has 4 aliphatic carbocycles. The number of esters is 1. The second-order valence-corrected chi connectivity index (χ2v) is 19.4. The van der Waals surface area contributed by atoms with Crippen LogP contribution in [0.25, 0.3) is 0 Å². The summed E-state index contributed by atoms with van der Waals surface area (Å²) in [5.41, 5.74) is 6.24. The van der Waals surface area contributed by atoms with Gasteiger partial charge in [-0.1, -0.05) is 74.0 Å². The number of aromatic nitrogens is 2. The van der Waals surface area contributed by atoms with Crippen molar-refractivity contribution >= 4 is 11.9 Å². The smallest absolute Gasteiger partial charge is 0.374 e. The Labute approximate surface area is 306 Å². The number of carbonyl (C=O) groups excluding carboxylic acids is 1. The minimum Gasteiger partial charge on any atom is -0.481 e. The van der Waals surface area contributed by atoms with Crippen LogP contribution in [-0.2, 0) is 19.0 Å². The molecule has 1 aromatic rings. The minimum atomic E-state index is -0.645. The Morgan fingerprint density at radius 2 is 1.80 bits per heavy atom. The zero-order chi connectivity index (χ0) is 37.5. The Kier molecular flexibility index (Phi) is 9.79. The van der Waals surface area contributed by atoms with Crippen LogP contribution in [-0.4, -0.2) is 64.7 Å². The van der Waals surface area contributed by atoms with Crippen LogP contribution in [0.3, 0.4) is 0 Å². The van der Waals surface area contributed by atoms with Crippen molar-refractivity contribution in [3.63, 3.8) is 0 Å². The monoisotopic (exact) mass is 710 g/mol. The molecule has 0 unspecified atom stereocenters. The summed E-state index contributed by atoms with van der Waals surface area (Å²) in [5.74, 6) is 0.241. The van der Waals surface area contributed by atoms with Gasteiger partial charge in [0.2, 0.25) is 5.82 Å². The van der Waals surface area contributed by atoms with Gasteiger partial charge in [-0.2, -0.15) is 0 Å². The third-order valence-corrected chi connectivity index (χ3v) is 16.5. The quantitative estimate of drug-likeness (QED) is 0.185. The molecule has 51 heavy (non-hydrogen) atoms. The number of carboxylic acid groups (broad SMARTS) is 1. The summed E-state index contributed by atoms with van der Waals surface area (Å²) in [6.45, 7) is 26.0. The molecule has 0 spiro atoms. The number of ether oxygens (including phenoxy) is 3. The highest BCUT2D eigenvalue weighted by Crippen LogP contribution is 2.75. The van der Waals surface area contributed by atoms with Crippen molar-refractivity contribution in [3.05, 3.63) is 29.9 Å². The number of nitrogens with zero attached hydrogens (tertiary/aromatic N) is 2. The second kappa shape index (κ2) is 13.0. The van der Waals surface area contributed by atoms with E-state index in [-0.39, 0.29) is 58.2 Å². The van der Waals surface area contributed by atoms with Gasteiger partial charge in [0.1, 0.15) is 0 Å². The molecular weight excluding hydrogens is 642 g/mol. The molecule has 1 aromatic heterocycles. The maximum atomic E-state index is 13.5. The van der Waals surface area contributed by atoms with Crippen molar-refractivity contribution in [1.82, 2.24) is 9.55 Å². The van der Waals surface area contributed by atoms with Crippen molar-refractivity contribution in [1.29, 1.82) is 0 Å². The molecule has 4 fully saturated rings. The molecule has 9 nitrogen and oxygen atoms in total. The van der Waals surface area contributed by atoms with Crippen LogP contribution in [0.1, 0.15) is 131 Å². The van der Waals surface area contributed by atoms with Crippen molar-refractivity contribution < 1.29 is 28.9 Å². The molecule has 12 atom stereocenters. The van der Waals surface area contributed by atoms with E-state index in [0.29, 0.717) is 37.5 Å². The third-order valence-electron chi connectivity index (χ3n) is 16.5. The second-order valence-electron chi connectivity index (χ2n) is 19.4. The SMILES string of the molecule is CCOC(=O)c1nccn1[C@@H]1C[C@@]23COC[C@](C)([C@@H]2CC[C@H]2C3=CC[C@@]3(C)[C@H](C(=O)O)[C@@](C)([C@H](C)C(C)C)CC[C@]23C)[C@H]1OC[C@](C)(N)C(C)C. The maximum absolute atomic E-state index is 13.5. The highest BCUT2D eigenvalue weighted by molar-refractivity contribution is 5.85. The summed E-state index contributed by atoms with van der Waals surface area (Å²) in [5, 5.41) is 11.1. The van der Waals surface area contributed by atoms with Gasteiger partial charge in [0.25, 0.3) is 0 Å². The molecule has 5 aliphatic rings. The van der Waals surface area contributed by atoms with E-state index in [4.69, 9.17) is 19.9 Å². The fourth-order valence-electron chi connectivity index (χ4n) is 12.5. The highest BCUT2D eigenvalue weighted by atomic mass is 16.5. The fourth-order valence-corrected chi connectivity index (χ4v) is 12.5. The first-order valence-corrected chi connectivity index (χ1v) is 19.9. The average molecular weight is 710 g/mol. The Balaban J connectivity index is 1.47. The van der Waals surface area contributed by atoms with E-state index in [9.17, 15) is 14.7 Å². The fraction of sp³-hybridized carbons (Fsp3) is 0.833. The van der Waals surface area contributed by atoms with Gasteiger partial charge in [-0.25, -0.2) is 9.78 Å². The van der Waals surface area contributed by atoms with E-state index >= 15 is 0 Å². The maximum Gasteiger partial charge on any atom is 0.374 e. The lowest BCUT2D eigenvalue weighted by Crippen LogP contribution is -2.69. The van der Waals surface area contributed by atoms with E-state index in [1.807, 2.05) is 17.7 Å². The van der Waals surface area contributed by atoms with Gasteiger partial charge in [-0.3, -0.25) is 4.79 Å². The van der Waals surface area contributed by atoms with Crippen LogP contribution >= 0.6 is 0 Å². The molecule has 2 heterocycles. The van der Waals surface area contributed by atoms with E-state index in [2.05, 4.69) is 80.3 Å². The van der Waals surface area contributed by atoms with Gasteiger partial charge in [-0.05, 0) is 98.2 Å². The first-order valence-electron chi connectivity index (χ1n) is 19.9. The molecule has 6 rings (SSSR count). The molecule has 3 N–H and O–H groups in total. The molecule has 3 saturated carbocycles. The molecule has 0 amide bonds. The van der Waals surface area contributed by atoms with Crippen molar-refractivity contribution in [3.8, 4) is 0 Å². The topological polar surface area (TPSA) is 126 Å². The van der Waals surface area contributed by atoms with Gasteiger partial charge < -0.3 is 29.6 Å². The van der Waals surface area contributed by atoms with Gasteiger partial charge in [0.15, 0.2) is 0 Å². The molecule has 1 saturated heterocycles. The van der Waals surface area contributed by atoms with Crippen LogP contribution in [0.5, 0.6) is 0 Å². The Bertz CT molecular complexity index is 1530. The van der Waals surface area contributed by atoms with E-state index in [0.717, 1.165) is 38.5 Å². The molecule has 0 aromatic carbocycles. The summed E-state index contributed by atoms with van der Waals surface area (Å²) in [6.07, 6.45) is 11.3. The number of carboxylic acids is 1. The van der Waals surface area contributed by atoms with Crippen molar-refractivity contribution in [2.24, 2.45) is 68.3 Å². The summed E-state index contributed by atoms with van der Waals surface area (Å²) in [6, 6.07) is -0.200. The van der Waals surface area contributed by atoms with Crippen LogP contribution in [0, 0.1) is 62.6 Å². The lowest BCUT2D eigenvalue weighted by atomic mass is 9.34. The molecule has 2 bridgehead atoms. The van der Waals surface area contributed by atoms with Crippen molar-refractivity contribution in [2.75, 3.05) is 26.4 Å². The number of aliphatic carboxylic acids is 1. The summed E-state index contributed by atoms with van der Waals surface area (Å²) >= 11 is 0. The van der Waals surface area contributed by atoms with Crippen LogP contribution < -0.4 is 5.73 Å². The Morgan fingerprint density at radius 1 is 1.10 bits per heavy atom. The first kappa shape index (κ1) is 38.5. The number of carbonyl (C=O) groups is 2. The average Bonchev–Trinajstić information content (AvgIpc) is 3.54. The molecular formula is C42H67N3O6. The number of fused-ring (bicyclic) bond motifs is 3. The zero-order valence-electron chi connectivity index (χ0n) is 33.4. The van der Waals surface area contributed by atoms with Gasteiger partial charge >= 0.3 is 11.9 Å². The predicted molar refractivity (Wildman–Crippen MR) is 198 cm³/mol. The number of hydrogen-bond acceptors (Lipinski definition) is 7. The van der Waals surface area contributed by atoms with Crippen molar-refractivity contribution in [2.45, 2.75) is 132 Å². The lowest BCUT2D eigenvalue weighted by Gasteiger charge is -2.71. The molecule has 0 radical (unpaired) electrons. The minimum absolute atomic E-state index is 0.184. The van der Waals surface area contributed by atoms with Crippen LogP contribution in [0.15, 0.2) is 24.0 Å². The van der Waals surface area contributed by atoms with Gasteiger partial charge in [0, 0.05) is 28.8 Å². The Morgan fingerprint density at radius 3 is 2.43 bits per heavy atom. The zero-order valence-corrected chi connectivity index (χ0v) is 33.4. The summed E-state index contributed by atoms with van der Waals surface area (Å²) in [4.78, 5) is 31.4. The number of hydrogen-bond donors (Lipinski definition) is 2. The highest BCUT2D eigenvalue weighted by Gasteiger charge is 2.72. The number of allylic oxidation sites excluding steroid dienone is 1. The number of imidazole rings is 1. The van der Waals surface area contributed by atoms with E-state index in [1.54, 1.807) is 6.20 Å². The Hall–Kier alpha value is -2.23. The van der Waals surface area contributed by atoms with Crippen LogP contribution in [0.2, 0.25) is 0 Å². The number of rotatable bonds is 10. The van der Waals surface area contributed by atoms with Gasteiger partial charge in [-0.15, -0.1) is 0 Å².